The average Bonchev–Trinajstić information content (AvgIpc) is 2.48. The van der Waals surface area contributed by atoms with E-state index in [4.69, 9.17) is 0 Å². The van der Waals surface area contributed by atoms with Gasteiger partial charge in [0.2, 0.25) is 0 Å². The summed E-state index contributed by atoms with van der Waals surface area (Å²) in [6, 6.07) is -0.125. The van der Waals surface area contributed by atoms with Crippen LogP contribution in [0.15, 0.2) is 18.2 Å². The summed E-state index contributed by atoms with van der Waals surface area (Å²) in [6.07, 6.45) is -5.39. The SMILES string of the molecule is CCOC(=O)[C@@H]1[C@H](c2ccc(O)c(O)c2)NC(=O)N[C@@]1(O)C(F)(F)F. The molecule has 1 saturated heterocycles. The van der Waals surface area contributed by atoms with Crippen LogP contribution >= 0.6 is 0 Å². The Balaban J connectivity index is 2.59. The summed E-state index contributed by atoms with van der Waals surface area (Å²) in [7, 11) is 0. The molecule has 0 aromatic heterocycles. The van der Waals surface area contributed by atoms with Crippen LogP contribution in [0, 0.1) is 5.92 Å². The predicted molar refractivity (Wildman–Crippen MR) is 75.3 cm³/mol. The number of rotatable bonds is 3. The fourth-order valence-electron chi connectivity index (χ4n) is 2.55. The van der Waals surface area contributed by atoms with E-state index in [0.29, 0.717) is 0 Å². The van der Waals surface area contributed by atoms with Crippen LogP contribution in [0.5, 0.6) is 11.5 Å². The number of halogens is 3. The van der Waals surface area contributed by atoms with Gasteiger partial charge in [0.25, 0.3) is 5.72 Å². The van der Waals surface area contributed by atoms with Crippen molar-refractivity contribution in [2.45, 2.75) is 24.9 Å². The van der Waals surface area contributed by atoms with Gasteiger partial charge in [0, 0.05) is 0 Å². The molecule has 0 unspecified atom stereocenters. The Hall–Kier alpha value is -2.69. The predicted octanol–water partition coefficient (Wildman–Crippen LogP) is 0.882. The zero-order valence-corrected chi connectivity index (χ0v) is 12.8. The number of ether oxygens (including phenoxy) is 1. The minimum absolute atomic E-state index is 0.147. The van der Waals surface area contributed by atoms with E-state index >= 15 is 0 Å². The van der Waals surface area contributed by atoms with Crippen LogP contribution in [0.1, 0.15) is 18.5 Å². The van der Waals surface area contributed by atoms with E-state index in [2.05, 4.69) is 10.1 Å². The van der Waals surface area contributed by atoms with Crippen molar-refractivity contribution in [1.82, 2.24) is 10.6 Å². The smallest absolute Gasteiger partial charge is 0.437 e. The van der Waals surface area contributed by atoms with Gasteiger partial charge in [0.1, 0.15) is 5.92 Å². The van der Waals surface area contributed by atoms with E-state index in [0.717, 1.165) is 18.2 Å². The summed E-state index contributed by atoms with van der Waals surface area (Å²) in [5, 5.41) is 32.3. The Kier molecular flexibility index (Phi) is 4.71. The van der Waals surface area contributed by atoms with Gasteiger partial charge in [-0.3, -0.25) is 4.79 Å². The third kappa shape index (κ3) is 3.27. The first-order valence-corrected chi connectivity index (χ1v) is 7.07. The van der Waals surface area contributed by atoms with Crippen LogP contribution in [0.25, 0.3) is 0 Å². The first kappa shape index (κ1) is 18.6. The summed E-state index contributed by atoms with van der Waals surface area (Å²) in [6.45, 7) is 1.10. The van der Waals surface area contributed by atoms with Crippen molar-refractivity contribution in [2.24, 2.45) is 5.92 Å². The van der Waals surface area contributed by atoms with Crippen molar-refractivity contribution in [3.63, 3.8) is 0 Å². The molecule has 8 nitrogen and oxygen atoms in total. The van der Waals surface area contributed by atoms with Crippen molar-refractivity contribution in [3.05, 3.63) is 23.8 Å². The van der Waals surface area contributed by atoms with Gasteiger partial charge < -0.3 is 30.7 Å². The quantitative estimate of drug-likeness (QED) is 0.400. The number of benzene rings is 1. The van der Waals surface area contributed by atoms with E-state index in [1.807, 2.05) is 0 Å². The monoisotopic (exact) mass is 364 g/mol. The molecule has 5 N–H and O–H groups in total. The molecule has 0 spiro atoms. The summed E-state index contributed by atoms with van der Waals surface area (Å²) >= 11 is 0. The summed E-state index contributed by atoms with van der Waals surface area (Å²) in [5.41, 5.74) is -4.04. The Morgan fingerprint density at radius 2 is 1.96 bits per heavy atom. The first-order valence-electron chi connectivity index (χ1n) is 7.07. The Bertz CT molecular complexity index is 696. The maximum atomic E-state index is 13.4. The zero-order chi connectivity index (χ0) is 19.0. The van der Waals surface area contributed by atoms with Crippen LogP contribution in [0.4, 0.5) is 18.0 Å². The van der Waals surface area contributed by atoms with Crippen LogP contribution in [-0.2, 0) is 9.53 Å². The van der Waals surface area contributed by atoms with Gasteiger partial charge in [-0.15, -0.1) is 0 Å². The number of phenols is 2. The molecule has 1 aromatic carbocycles. The highest BCUT2D eigenvalue weighted by Gasteiger charge is 2.67. The summed E-state index contributed by atoms with van der Waals surface area (Å²) in [4.78, 5) is 23.8. The lowest BCUT2D eigenvalue weighted by molar-refractivity contribution is -0.294. The number of alkyl halides is 3. The number of aliphatic hydroxyl groups is 1. The number of hydrogen-bond donors (Lipinski definition) is 5. The fraction of sp³-hybridized carbons (Fsp3) is 0.429. The average molecular weight is 364 g/mol. The summed E-state index contributed by atoms with van der Waals surface area (Å²) in [5.74, 6) is -4.94. The second-order valence-electron chi connectivity index (χ2n) is 5.32. The number of nitrogens with one attached hydrogen (secondary N) is 2. The zero-order valence-electron chi connectivity index (χ0n) is 12.8. The van der Waals surface area contributed by atoms with E-state index < -0.39 is 47.4 Å². The number of urea groups is 1. The molecule has 1 aliphatic rings. The lowest BCUT2D eigenvalue weighted by atomic mass is 9.82. The molecule has 11 heteroatoms. The molecule has 0 bridgehead atoms. The van der Waals surface area contributed by atoms with Crippen molar-refractivity contribution in [1.29, 1.82) is 0 Å². The molecule has 0 saturated carbocycles. The normalized spacial score (nSPS) is 26.5. The number of phenolic OH excluding ortho intramolecular Hbond substituents is 2. The van der Waals surface area contributed by atoms with Gasteiger partial charge in [0.15, 0.2) is 11.5 Å². The molecule has 2 rings (SSSR count). The number of aromatic hydroxyl groups is 2. The largest absolute Gasteiger partial charge is 0.504 e. The molecule has 25 heavy (non-hydrogen) atoms. The van der Waals surface area contributed by atoms with Gasteiger partial charge in [0.05, 0.1) is 12.6 Å². The minimum Gasteiger partial charge on any atom is -0.504 e. The lowest BCUT2D eigenvalue weighted by Gasteiger charge is -2.44. The number of hydrogen-bond acceptors (Lipinski definition) is 6. The Morgan fingerprint density at radius 3 is 2.48 bits per heavy atom. The number of esters is 1. The molecule has 0 aliphatic carbocycles. The van der Waals surface area contributed by atoms with Crippen molar-refractivity contribution in [2.75, 3.05) is 6.61 Å². The molecule has 1 aromatic rings. The van der Waals surface area contributed by atoms with Crippen molar-refractivity contribution in [3.8, 4) is 11.5 Å². The maximum absolute atomic E-state index is 13.4. The van der Waals surface area contributed by atoms with E-state index in [1.165, 1.54) is 12.2 Å². The molecule has 1 heterocycles. The van der Waals surface area contributed by atoms with Crippen LogP contribution in [0.3, 0.4) is 0 Å². The van der Waals surface area contributed by atoms with Gasteiger partial charge in [-0.25, -0.2) is 4.79 Å². The molecule has 2 amide bonds. The highest BCUT2D eigenvalue weighted by atomic mass is 19.4. The topological polar surface area (TPSA) is 128 Å². The lowest BCUT2D eigenvalue weighted by Crippen LogP contribution is -2.73. The maximum Gasteiger partial charge on any atom is 0.437 e. The molecular weight excluding hydrogens is 349 g/mol. The van der Waals surface area contributed by atoms with E-state index in [1.54, 1.807) is 0 Å². The minimum atomic E-state index is -5.39. The number of amides is 2. The number of carbonyl (C=O) groups is 2. The third-order valence-corrected chi connectivity index (χ3v) is 3.71. The van der Waals surface area contributed by atoms with Crippen LogP contribution < -0.4 is 10.6 Å². The molecule has 1 aliphatic heterocycles. The Labute approximate surface area is 139 Å². The van der Waals surface area contributed by atoms with Gasteiger partial charge in [-0.05, 0) is 24.6 Å². The van der Waals surface area contributed by atoms with E-state index in [9.17, 15) is 38.1 Å². The van der Waals surface area contributed by atoms with Crippen LogP contribution in [-0.4, -0.2) is 45.8 Å². The van der Waals surface area contributed by atoms with E-state index in [-0.39, 0.29) is 12.2 Å². The van der Waals surface area contributed by atoms with Crippen molar-refractivity contribution < 1.29 is 42.8 Å². The third-order valence-electron chi connectivity index (χ3n) is 3.71. The Morgan fingerprint density at radius 1 is 1.32 bits per heavy atom. The molecule has 1 fully saturated rings. The second-order valence-corrected chi connectivity index (χ2v) is 5.32. The van der Waals surface area contributed by atoms with Gasteiger partial charge >= 0.3 is 18.2 Å². The van der Waals surface area contributed by atoms with Gasteiger partial charge in [-0.2, -0.15) is 13.2 Å². The molecule has 3 atom stereocenters. The standard InChI is InChI=1S/C14H15F3N2O6/c1-2-25-11(22)9-10(6-3-4-7(20)8(21)5-6)18-12(23)19-13(9,24)14(15,16)17/h3-5,9-10,20-21,24H,2H2,1H3,(H2,18,19,23)/t9-,10-,13-/m0/s1. The highest BCUT2D eigenvalue weighted by Crippen LogP contribution is 2.44. The van der Waals surface area contributed by atoms with Crippen molar-refractivity contribution >= 4 is 12.0 Å². The van der Waals surface area contributed by atoms with Gasteiger partial charge in [-0.1, -0.05) is 6.07 Å². The first-order chi connectivity index (χ1) is 11.5. The summed E-state index contributed by atoms with van der Waals surface area (Å²) < 4.78 is 44.8. The highest BCUT2D eigenvalue weighted by molar-refractivity contribution is 5.83. The molecule has 0 radical (unpaired) electrons. The fourth-order valence-corrected chi connectivity index (χ4v) is 2.55. The second kappa shape index (κ2) is 6.31. The molecule has 138 valence electrons. The van der Waals surface area contributed by atoms with Crippen LogP contribution in [0.2, 0.25) is 0 Å². The molecular formula is C14H15F3N2O6. The number of carbonyl (C=O) groups excluding carboxylic acids is 2.